The van der Waals surface area contributed by atoms with Crippen LogP contribution in [-0.4, -0.2) is 39.0 Å². The predicted molar refractivity (Wildman–Crippen MR) is 63.5 cm³/mol. The van der Waals surface area contributed by atoms with Crippen molar-refractivity contribution in [2.75, 3.05) is 33.1 Å². The Morgan fingerprint density at radius 1 is 1.13 bits per heavy atom. The van der Waals surface area contributed by atoms with E-state index in [1.807, 2.05) is 44.1 Å². The third-order valence-corrected chi connectivity index (χ3v) is 2.42. The fourth-order valence-electron chi connectivity index (χ4n) is 1.58. The molecule has 3 nitrogen and oxygen atoms in total. The highest BCUT2D eigenvalue weighted by Crippen LogP contribution is 2.21. The molecular formula is C12H18N2O. The molecule has 82 valence electrons. The highest BCUT2D eigenvalue weighted by molar-refractivity contribution is 5.96. The smallest absolute Gasteiger partial charge is 0.253 e. The van der Waals surface area contributed by atoms with Crippen molar-refractivity contribution in [2.24, 2.45) is 0 Å². The van der Waals surface area contributed by atoms with Crippen LogP contribution in [0.2, 0.25) is 0 Å². The summed E-state index contributed by atoms with van der Waals surface area (Å²) in [5.41, 5.74) is 2.88. The molecule has 1 aromatic carbocycles. The molecule has 0 spiro atoms. The predicted octanol–water partition coefficient (Wildman–Crippen LogP) is 1.76. The second-order valence-electron chi connectivity index (χ2n) is 4.04. The molecular weight excluding hydrogens is 188 g/mol. The average molecular weight is 206 g/mol. The standard InChI is InChI=1S/C12H18N2O/c1-9-10(12(15)14(4)5)7-6-8-11(9)13(2)3/h6-8H,1-5H3. The summed E-state index contributed by atoms with van der Waals surface area (Å²) < 4.78 is 0. The topological polar surface area (TPSA) is 23.6 Å². The quantitative estimate of drug-likeness (QED) is 0.736. The maximum absolute atomic E-state index is 11.8. The average Bonchev–Trinajstić information content (AvgIpc) is 2.16. The first kappa shape index (κ1) is 11.6. The van der Waals surface area contributed by atoms with Gasteiger partial charge in [-0.1, -0.05) is 6.07 Å². The summed E-state index contributed by atoms with van der Waals surface area (Å²) in [6.45, 7) is 1.98. The number of amides is 1. The lowest BCUT2D eigenvalue weighted by Gasteiger charge is -2.19. The van der Waals surface area contributed by atoms with Crippen LogP contribution in [0, 0.1) is 6.92 Å². The molecule has 3 heteroatoms. The monoisotopic (exact) mass is 206 g/mol. The summed E-state index contributed by atoms with van der Waals surface area (Å²) in [6.07, 6.45) is 0. The molecule has 0 radical (unpaired) electrons. The number of benzene rings is 1. The molecule has 0 bridgehead atoms. The fraction of sp³-hybridized carbons (Fsp3) is 0.417. The van der Waals surface area contributed by atoms with Crippen molar-refractivity contribution >= 4 is 11.6 Å². The fourth-order valence-corrected chi connectivity index (χ4v) is 1.58. The van der Waals surface area contributed by atoms with Crippen molar-refractivity contribution < 1.29 is 4.79 Å². The van der Waals surface area contributed by atoms with Gasteiger partial charge in [0.25, 0.3) is 5.91 Å². The Morgan fingerprint density at radius 3 is 2.20 bits per heavy atom. The van der Waals surface area contributed by atoms with E-state index < -0.39 is 0 Å². The molecule has 0 aromatic heterocycles. The van der Waals surface area contributed by atoms with Crippen LogP contribution in [-0.2, 0) is 0 Å². The van der Waals surface area contributed by atoms with Gasteiger partial charge in [-0.25, -0.2) is 0 Å². The molecule has 0 aliphatic rings. The minimum atomic E-state index is 0.0520. The van der Waals surface area contributed by atoms with Gasteiger partial charge in [-0.05, 0) is 24.6 Å². The molecule has 1 rings (SSSR count). The van der Waals surface area contributed by atoms with Crippen LogP contribution < -0.4 is 4.90 Å². The molecule has 0 heterocycles. The van der Waals surface area contributed by atoms with Crippen LogP contribution in [0.25, 0.3) is 0 Å². The summed E-state index contributed by atoms with van der Waals surface area (Å²) in [5.74, 6) is 0.0520. The number of hydrogen-bond donors (Lipinski definition) is 0. The number of rotatable bonds is 2. The van der Waals surface area contributed by atoms with Crippen molar-refractivity contribution in [1.82, 2.24) is 4.90 Å². The Bertz CT molecular complexity index is 370. The van der Waals surface area contributed by atoms with Gasteiger partial charge in [0, 0.05) is 39.4 Å². The third kappa shape index (κ3) is 2.29. The van der Waals surface area contributed by atoms with Gasteiger partial charge in [-0.2, -0.15) is 0 Å². The van der Waals surface area contributed by atoms with E-state index in [4.69, 9.17) is 0 Å². The third-order valence-electron chi connectivity index (χ3n) is 2.42. The number of nitrogens with zero attached hydrogens (tertiary/aromatic N) is 2. The molecule has 0 aliphatic heterocycles. The van der Waals surface area contributed by atoms with Crippen LogP contribution >= 0.6 is 0 Å². The maximum atomic E-state index is 11.8. The van der Waals surface area contributed by atoms with Crippen molar-refractivity contribution in [3.8, 4) is 0 Å². The van der Waals surface area contributed by atoms with Gasteiger partial charge in [0.05, 0.1) is 0 Å². The van der Waals surface area contributed by atoms with Crippen LogP contribution in [0.3, 0.4) is 0 Å². The molecule has 0 N–H and O–H groups in total. The number of anilines is 1. The lowest BCUT2D eigenvalue weighted by atomic mass is 10.1. The minimum Gasteiger partial charge on any atom is -0.377 e. The van der Waals surface area contributed by atoms with Gasteiger partial charge < -0.3 is 9.80 Å². The maximum Gasteiger partial charge on any atom is 0.253 e. The SMILES string of the molecule is Cc1c(C(=O)N(C)C)cccc1N(C)C. The Labute approximate surface area is 91.3 Å². The largest absolute Gasteiger partial charge is 0.377 e. The molecule has 0 unspecified atom stereocenters. The number of carbonyl (C=O) groups excluding carboxylic acids is 1. The van der Waals surface area contributed by atoms with Crippen molar-refractivity contribution in [3.05, 3.63) is 29.3 Å². The van der Waals surface area contributed by atoms with E-state index in [1.54, 1.807) is 19.0 Å². The first-order chi connectivity index (χ1) is 6.95. The minimum absolute atomic E-state index is 0.0520. The van der Waals surface area contributed by atoms with Crippen LogP contribution in [0.15, 0.2) is 18.2 Å². The van der Waals surface area contributed by atoms with E-state index in [9.17, 15) is 4.79 Å². The Hall–Kier alpha value is -1.51. The first-order valence-corrected chi connectivity index (χ1v) is 4.93. The van der Waals surface area contributed by atoms with Gasteiger partial charge in [0.1, 0.15) is 0 Å². The zero-order valence-electron chi connectivity index (χ0n) is 10.0. The van der Waals surface area contributed by atoms with E-state index in [2.05, 4.69) is 0 Å². The lowest BCUT2D eigenvalue weighted by molar-refractivity contribution is 0.0827. The van der Waals surface area contributed by atoms with Gasteiger partial charge in [-0.3, -0.25) is 4.79 Å². The Kier molecular flexibility index (Phi) is 3.35. The highest BCUT2D eigenvalue weighted by atomic mass is 16.2. The van der Waals surface area contributed by atoms with E-state index in [-0.39, 0.29) is 5.91 Å². The summed E-state index contributed by atoms with van der Waals surface area (Å²) in [5, 5.41) is 0. The molecule has 0 atom stereocenters. The van der Waals surface area contributed by atoms with Gasteiger partial charge in [0.2, 0.25) is 0 Å². The molecule has 0 aliphatic carbocycles. The van der Waals surface area contributed by atoms with E-state index in [1.165, 1.54) is 0 Å². The van der Waals surface area contributed by atoms with Crippen molar-refractivity contribution in [1.29, 1.82) is 0 Å². The molecule has 0 fully saturated rings. The molecule has 0 saturated heterocycles. The van der Waals surface area contributed by atoms with E-state index in [0.29, 0.717) is 0 Å². The van der Waals surface area contributed by atoms with Crippen LogP contribution in [0.5, 0.6) is 0 Å². The second-order valence-corrected chi connectivity index (χ2v) is 4.04. The van der Waals surface area contributed by atoms with Gasteiger partial charge in [-0.15, -0.1) is 0 Å². The molecule has 15 heavy (non-hydrogen) atoms. The number of carbonyl (C=O) groups is 1. The summed E-state index contributed by atoms with van der Waals surface area (Å²) in [6, 6.07) is 5.80. The van der Waals surface area contributed by atoms with Crippen molar-refractivity contribution in [3.63, 3.8) is 0 Å². The number of hydrogen-bond acceptors (Lipinski definition) is 2. The van der Waals surface area contributed by atoms with Gasteiger partial charge in [0.15, 0.2) is 0 Å². The van der Waals surface area contributed by atoms with Crippen LogP contribution in [0.4, 0.5) is 5.69 Å². The van der Waals surface area contributed by atoms with Crippen molar-refractivity contribution in [2.45, 2.75) is 6.92 Å². The normalized spacial score (nSPS) is 9.93. The van der Waals surface area contributed by atoms with E-state index >= 15 is 0 Å². The highest BCUT2D eigenvalue weighted by Gasteiger charge is 2.13. The van der Waals surface area contributed by atoms with Crippen LogP contribution in [0.1, 0.15) is 15.9 Å². The molecule has 1 aromatic rings. The van der Waals surface area contributed by atoms with Gasteiger partial charge >= 0.3 is 0 Å². The summed E-state index contributed by atoms with van der Waals surface area (Å²) in [4.78, 5) is 15.5. The molecule has 0 saturated carbocycles. The Morgan fingerprint density at radius 2 is 1.73 bits per heavy atom. The molecule has 1 amide bonds. The summed E-state index contributed by atoms with van der Waals surface area (Å²) in [7, 11) is 7.49. The Balaban J connectivity index is 3.21. The zero-order chi connectivity index (χ0) is 11.6. The van der Waals surface area contributed by atoms with E-state index in [0.717, 1.165) is 16.8 Å². The second kappa shape index (κ2) is 4.34. The zero-order valence-corrected chi connectivity index (χ0v) is 10.0. The summed E-state index contributed by atoms with van der Waals surface area (Å²) >= 11 is 0. The lowest BCUT2D eigenvalue weighted by Crippen LogP contribution is -2.23. The first-order valence-electron chi connectivity index (χ1n) is 4.93.